The van der Waals surface area contributed by atoms with Gasteiger partial charge in [0.05, 0.1) is 11.9 Å². The third kappa shape index (κ3) is 1.85. The molecule has 1 fully saturated rings. The Labute approximate surface area is 106 Å². The van der Waals surface area contributed by atoms with Crippen molar-refractivity contribution in [2.45, 2.75) is 39.3 Å². The second-order valence-corrected chi connectivity index (χ2v) is 5.13. The maximum atomic E-state index is 12.4. The number of hydrogen-bond donors (Lipinski definition) is 1. The van der Waals surface area contributed by atoms with Gasteiger partial charge in [-0.3, -0.25) is 19.5 Å². The van der Waals surface area contributed by atoms with E-state index in [1.165, 1.54) is 4.90 Å². The fraction of sp³-hybridized carbons (Fsp3) is 0.462. The van der Waals surface area contributed by atoms with E-state index in [4.69, 9.17) is 0 Å². The van der Waals surface area contributed by atoms with Gasteiger partial charge in [0.1, 0.15) is 11.6 Å². The third-order valence-electron chi connectivity index (χ3n) is 3.23. The van der Waals surface area contributed by atoms with Gasteiger partial charge in [0.25, 0.3) is 5.91 Å². The summed E-state index contributed by atoms with van der Waals surface area (Å²) < 4.78 is 0. The lowest BCUT2D eigenvalue weighted by atomic mass is 9.96. The number of carbonyl (C=O) groups is 2. The van der Waals surface area contributed by atoms with E-state index in [1.54, 1.807) is 33.2 Å². The van der Waals surface area contributed by atoms with Crippen molar-refractivity contribution >= 4 is 17.5 Å². The molecule has 96 valence electrons. The highest BCUT2D eigenvalue weighted by Gasteiger charge is 2.44. The molecule has 2 rings (SSSR count). The van der Waals surface area contributed by atoms with Crippen LogP contribution >= 0.6 is 0 Å². The van der Waals surface area contributed by atoms with Crippen molar-refractivity contribution < 1.29 is 9.59 Å². The van der Waals surface area contributed by atoms with Crippen molar-refractivity contribution in [2.75, 3.05) is 4.90 Å². The van der Waals surface area contributed by atoms with Gasteiger partial charge in [-0.1, -0.05) is 0 Å². The number of nitrogens with zero attached hydrogens (tertiary/aromatic N) is 2. The Morgan fingerprint density at radius 3 is 2.67 bits per heavy atom. The predicted molar refractivity (Wildman–Crippen MR) is 68.1 cm³/mol. The standard InChI is InChI=1S/C13H17N3O2/c1-8-5-6-14-7-10(8)16-9(2)11(17)15-13(3,4)12(16)18/h5-7,9H,1-4H3,(H,15,17). The molecule has 2 amide bonds. The Morgan fingerprint density at radius 2 is 2.06 bits per heavy atom. The van der Waals surface area contributed by atoms with Crippen LogP contribution in [-0.4, -0.2) is 28.4 Å². The lowest BCUT2D eigenvalue weighted by molar-refractivity contribution is -0.136. The first-order chi connectivity index (χ1) is 8.34. The molecule has 0 aliphatic carbocycles. The SMILES string of the molecule is Cc1ccncc1N1C(=O)C(C)(C)NC(=O)C1C. The van der Waals surface area contributed by atoms with E-state index in [0.29, 0.717) is 5.69 Å². The first kappa shape index (κ1) is 12.5. The van der Waals surface area contributed by atoms with Crippen LogP contribution in [0.25, 0.3) is 0 Å². The average Bonchev–Trinajstić information content (AvgIpc) is 2.29. The van der Waals surface area contributed by atoms with Crippen molar-refractivity contribution in [1.29, 1.82) is 0 Å². The van der Waals surface area contributed by atoms with E-state index in [0.717, 1.165) is 5.56 Å². The van der Waals surface area contributed by atoms with Crippen LogP contribution in [0.1, 0.15) is 26.3 Å². The molecule has 0 radical (unpaired) electrons. The summed E-state index contributed by atoms with van der Waals surface area (Å²) in [6.07, 6.45) is 3.29. The van der Waals surface area contributed by atoms with Gasteiger partial charge in [0, 0.05) is 6.20 Å². The zero-order chi connectivity index (χ0) is 13.5. The van der Waals surface area contributed by atoms with Gasteiger partial charge in [0.15, 0.2) is 0 Å². The zero-order valence-corrected chi connectivity index (χ0v) is 11.0. The molecule has 1 unspecified atom stereocenters. The van der Waals surface area contributed by atoms with Crippen LogP contribution in [0, 0.1) is 6.92 Å². The van der Waals surface area contributed by atoms with Crippen LogP contribution in [0.4, 0.5) is 5.69 Å². The molecule has 0 aromatic carbocycles. The molecule has 1 N–H and O–H groups in total. The van der Waals surface area contributed by atoms with E-state index >= 15 is 0 Å². The van der Waals surface area contributed by atoms with Gasteiger partial charge in [-0.25, -0.2) is 0 Å². The van der Waals surface area contributed by atoms with Crippen molar-refractivity contribution in [3.63, 3.8) is 0 Å². The molecular weight excluding hydrogens is 230 g/mol. The summed E-state index contributed by atoms with van der Waals surface area (Å²) in [6.45, 7) is 7.03. The summed E-state index contributed by atoms with van der Waals surface area (Å²) in [6, 6.07) is 1.31. The molecule has 0 saturated carbocycles. The highest BCUT2D eigenvalue weighted by atomic mass is 16.2. The molecule has 1 atom stereocenters. The molecule has 1 aromatic heterocycles. The van der Waals surface area contributed by atoms with E-state index in [9.17, 15) is 9.59 Å². The first-order valence-electron chi connectivity index (χ1n) is 5.91. The molecule has 18 heavy (non-hydrogen) atoms. The number of anilines is 1. The highest BCUT2D eigenvalue weighted by Crippen LogP contribution is 2.27. The van der Waals surface area contributed by atoms with Crippen LogP contribution in [0.5, 0.6) is 0 Å². The van der Waals surface area contributed by atoms with Crippen LogP contribution in [-0.2, 0) is 9.59 Å². The molecule has 1 saturated heterocycles. The summed E-state index contributed by atoms with van der Waals surface area (Å²) >= 11 is 0. The maximum Gasteiger partial charge on any atom is 0.252 e. The maximum absolute atomic E-state index is 12.4. The third-order valence-corrected chi connectivity index (χ3v) is 3.23. The van der Waals surface area contributed by atoms with Gasteiger partial charge in [-0.05, 0) is 39.3 Å². The van der Waals surface area contributed by atoms with Gasteiger partial charge in [0.2, 0.25) is 5.91 Å². The van der Waals surface area contributed by atoms with Crippen LogP contribution in [0.3, 0.4) is 0 Å². The van der Waals surface area contributed by atoms with Gasteiger partial charge < -0.3 is 5.32 Å². The van der Waals surface area contributed by atoms with E-state index in [2.05, 4.69) is 10.3 Å². The van der Waals surface area contributed by atoms with Gasteiger partial charge in [-0.15, -0.1) is 0 Å². The second-order valence-electron chi connectivity index (χ2n) is 5.13. The number of nitrogens with one attached hydrogen (secondary N) is 1. The quantitative estimate of drug-likeness (QED) is 0.806. The Balaban J connectivity index is 2.50. The number of rotatable bonds is 1. The summed E-state index contributed by atoms with van der Waals surface area (Å²) in [5, 5.41) is 2.72. The molecule has 1 aliphatic rings. The number of amides is 2. The smallest absolute Gasteiger partial charge is 0.252 e. The molecule has 1 aliphatic heterocycles. The van der Waals surface area contributed by atoms with E-state index < -0.39 is 11.6 Å². The average molecular weight is 247 g/mol. The fourth-order valence-electron chi connectivity index (χ4n) is 2.09. The Kier molecular flexibility index (Phi) is 2.84. The number of aromatic nitrogens is 1. The monoisotopic (exact) mass is 247 g/mol. The zero-order valence-electron chi connectivity index (χ0n) is 11.0. The summed E-state index contributed by atoms with van der Waals surface area (Å²) in [5.74, 6) is -0.270. The minimum atomic E-state index is -0.883. The predicted octanol–water partition coefficient (Wildman–Crippen LogP) is 1.02. The highest BCUT2D eigenvalue weighted by molar-refractivity contribution is 6.10. The van der Waals surface area contributed by atoms with E-state index in [-0.39, 0.29) is 11.8 Å². The van der Waals surface area contributed by atoms with Gasteiger partial charge in [-0.2, -0.15) is 0 Å². The second kappa shape index (κ2) is 4.08. The minimum Gasteiger partial charge on any atom is -0.340 e. The van der Waals surface area contributed by atoms with Gasteiger partial charge >= 0.3 is 0 Å². The fourth-order valence-corrected chi connectivity index (χ4v) is 2.09. The van der Waals surface area contributed by atoms with Crippen LogP contribution in [0.15, 0.2) is 18.5 Å². The molecule has 5 nitrogen and oxygen atoms in total. The van der Waals surface area contributed by atoms with E-state index in [1.807, 2.05) is 13.0 Å². The molecule has 0 bridgehead atoms. The first-order valence-corrected chi connectivity index (χ1v) is 5.91. The lowest BCUT2D eigenvalue weighted by Crippen LogP contribution is -2.67. The van der Waals surface area contributed by atoms with Crippen LogP contribution in [0.2, 0.25) is 0 Å². The molecular formula is C13H17N3O2. The number of piperazine rings is 1. The largest absolute Gasteiger partial charge is 0.340 e. The molecule has 1 aromatic rings. The van der Waals surface area contributed by atoms with Crippen molar-refractivity contribution in [3.8, 4) is 0 Å². The normalized spacial score (nSPS) is 22.9. The number of aryl methyl sites for hydroxylation is 1. The van der Waals surface area contributed by atoms with Crippen molar-refractivity contribution in [1.82, 2.24) is 10.3 Å². The Bertz CT molecular complexity index is 511. The topological polar surface area (TPSA) is 62.3 Å². The number of carbonyl (C=O) groups excluding carboxylic acids is 2. The lowest BCUT2D eigenvalue weighted by Gasteiger charge is -2.41. The Hall–Kier alpha value is -1.91. The summed E-state index contributed by atoms with van der Waals surface area (Å²) in [7, 11) is 0. The van der Waals surface area contributed by atoms with Crippen LogP contribution < -0.4 is 10.2 Å². The molecule has 0 spiro atoms. The summed E-state index contributed by atoms with van der Waals surface area (Å²) in [5.41, 5.74) is 0.736. The number of pyridine rings is 1. The molecule has 2 heterocycles. The number of hydrogen-bond acceptors (Lipinski definition) is 3. The van der Waals surface area contributed by atoms with Crippen molar-refractivity contribution in [3.05, 3.63) is 24.0 Å². The summed E-state index contributed by atoms with van der Waals surface area (Å²) in [4.78, 5) is 29.9. The minimum absolute atomic E-state index is 0.120. The Morgan fingerprint density at radius 1 is 1.39 bits per heavy atom. The molecule has 5 heteroatoms. The van der Waals surface area contributed by atoms with Crippen molar-refractivity contribution in [2.24, 2.45) is 0 Å².